The molecule has 1 heterocycles. The molecule has 1 fully saturated rings. The minimum Gasteiger partial charge on any atom is -0.480 e. The first-order chi connectivity index (χ1) is 13.4. The zero-order valence-corrected chi connectivity index (χ0v) is 17.7. The lowest BCUT2D eigenvalue weighted by molar-refractivity contribution is -0.148. The molecule has 0 aromatic heterocycles. The number of nitrogens with zero attached hydrogens (tertiary/aromatic N) is 2. The Morgan fingerprint density at radius 3 is 2.55 bits per heavy atom. The second-order valence-electron chi connectivity index (χ2n) is 6.64. The van der Waals surface area contributed by atoms with Crippen LogP contribution in [-0.4, -0.2) is 68.9 Å². The molecule has 11 heteroatoms. The van der Waals surface area contributed by atoms with E-state index in [1.165, 1.54) is 11.0 Å². The Morgan fingerprint density at radius 2 is 2.10 bits per heavy atom. The van der Waals surface area contributed by atoms with E-state index in [1.54, 1.807) is 26.1 Å². The molecule has 0 saturated carbocycles. The van der Waals surface area contributed by atoms with Crippen LogP contribution in [0.5, 0.6) is 0 Å². The van der Waals surface area contributed by atoms with Gasteiger partial charge in [-0.15, -0.1) is 0 Å². The highest BCUT2D eigenvalue weighted by atomic mass is 32.2. The Kier molecular flexibility index (Phi) is 8.59. The summed E-state index contributed by atoms with van der Waals surface area (Å²) in [6.07, 6.45) is 4.95. The van der Waals surface area contributed by atoms with Crippen molar-refractivity contribution in [2.24, 2.45) is 10.7 Å². The molecule has 2 atom stereocenters. The smallest absolute Gasteiger partial charge is 0.326 e. The van der Waals surface area contributed by atoms with Gasteiger partial charge in [-0.3, -0.25) is 9.79 Å². The van der Waals surface area contributed by atoms with Gasteiger partial charge in [-0.1, -0.05) is 31.4 Å². The predicted octanol–water partition coefficient (Wildman–Crippen LogP) is -0.500. The average Bonchev–Trinajstić information content (AvgIpc) is 2.99. The number of rotatable bonds is 10. The molecular weight excluding hydrogens is 395 g/mol. The lowest BCUT2D eigenvalue weighted by Crippen LogP contribution is -2.47. The molecule has 158 valence electrons. The number of carbonyl (C=O) groups excluding carboxylic acids is 1. The summed E-state index contributed by atoms with van der Waals surface area (Å²) in [4.78, 5) is 29.5. The first kappa shape index (κ1) is 24.4. The van der Waals surface area contributed by atoms with E-state index in [1.807, 2.05) is 0 Å². The molecule has 0 spiro atoms. The number of aliphatic imine (C=N–C) groups is 1. The van der Waals surface area contributed by atoms with Gasteiger partial charge in [0.1, 0.15) is 17.9 Å². The fourth-order valence-corrected chi connectivity index (χ4v) is 3.71. The van der Waals surface area contributed by atoms with Crippen molar-refractivity contribution in [1.82, 2.24) is 9.62 Å². The second kappa shape index (κ2) is 10.2. The molecule has 29 heavy (non-hydrogen) atoms. The fourth-order valence-electron chi connectivity index (χ4n) is 2.97. The summed E-state index contributed by atoms with van der Waals surface area (Å²) in [5.41, 5.74) is 7.71. The number of likely N-dealkylation sites (tertiary alicyclic amines) is 1. The number of nitrogens with one attached hydrogen (secondary N) is 1. The van der Waals surface area contributed by atoms with Gasteiger partial charge in [0.25, 0.3) is 7.12 Å². The summed E-state index contributed by atoms with van der Waals surface area (Å²) in [5, 5.41) is 9.68. The topological polar surface area (TPSA) is 142 Å². The van der Waals surface area contributed by atoms with E-state index in [9.17, 15) is 23.1 Å². The Bertz CT molecular complexity index is 892. The molecule has 1 amide bonds. The minimum absolute atomic E-state index is 0.00996. The molecular formula is C18H27BN4O5S. The Labute approximate surface area is 172 Å². The van der Waals surface area contributed by atoms with Crippen LogP contribution in [0.25, 0.3) is 0 Å². The van der Waals surface area contributed by atoms with Crippen molar-refractivity contribution in [3.8, 4) is 0 Å². The van der Waals surface area contributed by atoms with Crippen molar-refractivity contribution in [2.75, 3.05) is 13.6 Å². The number of amides is 1. The van der Waals surface area contributed by atoms with Gasteiger partial charge in [-0.05, 0) is 30.1 Å². The predicted molar refractivity (Wildman–Crippen MR) is 115 cm³/mol. The van der Waals surface area contributed by atoms with Crippen LogP contribution in [0.2, 0.25) is 0 Å². The van der Waals surface area contributed by atoms with Crippen molar-refractivity contribution >= 4 is 34.7 Å². The molecule has 0 bridgehead atoms. The molecule has 1 aliphatic heterocycles. The zero-order valence-electron chi connectivity index (χ0n) is 16.9. The Morgan fingerprint density at radius 1 is 1.48 bits per heavy atom. The lowest BCUT2D eigenvalue weighted by Gasteiger charge is -2.25. The van der Waals surface area contributed by atoms with E-state index in [4.69, 9.17) is 5.73 Å². The summed E-state index contributed by atoms with van der Waals surface area (Å²) >= 11 is 0. The number of nitrogens with two attached hydrogens (primary N) is 1. The number of hydrogen-bond donors (Lipinski definition) is 3. The number of carbonyl (C=O) groups is 2. The number of allylic oxidation sites excluding steroid dienone is 4. The molecule has 0 radical (unpaired) electrons. The number of aliphatic carboxylic acids is 1. The van der Waals surface area contributed by atoms with E-state index in [0.29, 0.717) is 22.6 Å². The Balaban J connectivity index is 3.18. The number of hydrogen-bond acceptors (Lipinski definition) is 5. The van der Waals surface area contributed by atoms with Crippen molar-refractivity contribution in [1.29, 1.82) is 0 Å². The van der Waals surface area contributed by atoms with Crippen molar-refractivity contribution in [3.63, 3.8) is 0 Å². The summed E-state index contributed by atoms with van der Waals surface area (Å²) in [6, 6.07) is -2.13. The summed E-state index contributed by atoms with van der Waals surface area (Å²) in [7, 11) is -1.08. The summed E-state index contributed by atoms with van der Waals surface area (Å²) < 4.78 is 25.1. The molecule has 2 unspecified atom stereocenters. The fraction of sp³-hybridized carbons (Fsp3) is 0.389. The monoisotopic (exact) mass is 422 g/mol. The van der Waals surface area contributed by atoms with Gasteiger partial charge in [-0.25, -0.2) is 17.9 Å². The van der Waals surface area contributed by atoms with Crippen LogP contribution in [0.4, 0.5) is 0 Å². The first-order valence-electron chi connectivity index (χ1n) is 8.84. The zero-order chi connectivity index (χ0) is 22.4. The molecule has 1 aliphatic rings. The first-order valence-corrected chi connectivity index (χ1v) is 10.7. The quantitative estimate of drug-likeness (QED) is 0.188. The van der Waals surface area contributed by atoms with E-state index < -0.39 is 33.8 Å². The molecule has 1 rings (SSSR count). The van der Waals surface area contributed by atoms with Crippen molar-refractivity contribution in [2.45, 2.75) is 31.8 Å². The minimum atomic E-state index is -3.59. The SMILES string of the molecule is BS(=O)(=O)NC1CCN(C(C/C(C=C)=C/C(C=C)=C(C)/C(N)=N\C)C(=O)O)C1=O. The van der Waals surface area contributed by atoms with Crippen molar-refractivity contribution in [3.05, 3.63) is 48.1 Å². The maximum Gasteiger partial charge on any atom is 0.326 e. The highest BCUT2D eigenvalue weighted by Gasteiger charge is 2.40. The van der Waals surface area contributed by atoms with E-state index in [0.717, 1.165) is 7.12 Å². The summed E-state index contributed by atoms with van der Waals surface area (Å²) in [6.45, 7) is 9.35. The average molecular weight is 422 g/mol. The van der Waals surface area contributed by atoms with Crippen LogP contribution in [0, 0.1) is 0 Å². The number of carboxylic acids is 1. The van der Waals surface area contributed by atoms with Crippen LogP contribution in [0.3, 0.4) is 0 Å². The third kappa shape index (κ3) is 6.72. The maximum absolute atomic E-state index is 12.5. The molecule has 0 aromatic carbocycles. The van der Waals surface area contributed by atoms with Crippen molar-refractivity contribution < 1.29 is 23.1 Å². The van der Waals surface area contributed by atoms with E-state index in [2.05, 4.69) is 22.9 Å². The standard InChI is InChI=1S/C18H27BN4O5S/c1-5-12(9-13(6-2)11(3)16(20)21-4)10-15(18(25)26)23-8-7-14(17(23)24)22-29(19,27)28/h5-6,9,14-15,22H,1-2,7-8,10,19H2,3-4H3,(H2,20,21)(H,25,26)/b12-9+,13-11+. The normalized spacial score (nSPS) is 20.3. The maximum atomic E-state index is 12.5. The van der Waals surface area contributed by atoms with Crippen LogP contribution < -0.4 is 10.5 Å². The van der Waals surface area contributed by atoms with E-state index in [-0.39, 0.29) is 19.4 Å². The van der Waals surface area contributed by atoms with Gasteiger partial charge in [0.05, 0.1) is 0 Å². The van der Waals surface area contributed by atoms with Crippen LogP contribution in [0.15, 0.2) is 53.1 Å². The van der Waals surface area contributed by atoms with Crippen LogP contribution in [-0.2, 0) is 19.5 Å². The highest BCUT2D eigenvalue weighted by molar-refractivity contribution is 8.10. The number of amidine groups is 1. The molecule has 9 nitrogen and oxygen atoms in total. The van der Waals surface area contributed by atoms with E-state index >= 15 is 0 Å². The second-order valence-corrected chi connectivity index (χ2v) is 8.42. The summed E-state index contributed by atoms with van der Waals surface area (Å²) in [5.74, 6) is -1.44. The third-order valence-electron chi connectivity index (χ3n) is 4.57. The van der Waals surface area contributed by atoms with Gasteiger partial charge in [0.15, 0.2) is 9.87 Å². The lowest BCUT2D eigenvalue weighted by atomic mass is 9.99. The van der Waals surface area contributed by atoms with Gasteiger partial charge in [0, 0.05) is 20.0 Å². The largest absolute Gasteiger partial charge is 0.480 e. The molecule has 0 aliphatic carbocycles. The molecule has 1 saturated heterocycles. The van der Waals surface area contributed by atoms with Gasteiger partial charge in [0.2, 0.25) is 5.91 Å². The van der Waals surface area contributed by atoms with Gasteiger partial charge >= 0.3 is 5.97 Å². The Hall–Kier alpha value is -2.66. The van der Waals surface area contributed by atoms with Crippen LogP contribution in [0.1, 0.15) is 19.8 Å². The highest BCUT2D eigenvalue weighted by Crippen LogP contribution is 2.22. The van der Waals surface area contributed by atoms with Gasteiger partial charge < -0.3 is 15.7 Å². The molecule has 0 aromatic rings. The third-order valence-corrected chi connectivity index (χ3v) is 5.28. The number of carboxylic acid groups (broad SMARTS) is 1. The van der Waals surface area contributed by atoms with Crippen LogP contribution >= 0.6 is 0 Å². The van der Waals surface area contributed by atoms with Gasteiger partial charge in [-0.2, -0.15) is 0 Å². The molecule has 4 N–H and O–H groups in total.